The Morgan fingerprint density at radius 2 is 2.03 bits per heavy atom. The molecule has 30 heavy (non-hydrogen) atoms. The Morgan fingerprint density at radius 1 is 1.30 bits per heavy atom. The van der Waals surface area contributed by atoms with Crippen molar-refractivity contribution in [2.45, 2.75) is 71.8 Å². The second-order valence-electron chi connectivity index (χ2n) is 10.3. The van der Waals surface area contributed by atoms with E-state index in [1.165, 1.54) is 0 Å². The number of ketones is 1. The van der Waals surface area contributed by atoms with Gasteiger partial charge < -0.3 is 20.1 Å². The summed E-state index contributed by atoms with van der Waals surface area (Å²) in [7, 11) is 0. The van der Waals surface area contributed by atoms with Crippen LogP contribution in [-0.4, -0.2) is 40.0 Å². The van der Waals surface area contributed by atoms with Crippen molar-refractivity contribution in [1.82, 2.24) is 0 Å². The molecule has 4 aliphatic rings. The fourth-order valence-corrected chi connectivity index (χ4v) is 7.99. The highest BCUT2D eigenvalue weighted by Gasteiger charge is 2.68. The van der Waals surface area contributed by atoms with Crippen LogP contribution < -0.4 is 0 Å². The van der Waals surface area contributed by atoms with Crippen molar-refractivity contribution in [1.29, 1.82) is 0 Å². The monoisotopic (exact) mass is 418 g/mol. The van der Waals surface area contributed by atoms with E-state index < -0.39 is 35.1 Å². The highest BCUT2D eigenvalue weighted by Crippen LogP contribution is 2.70. The van der Waals surface area contributed by atoms with Gasteiger partial charge >= 0.3 is 5.97 Å². The van der Waals surface area contributed by atoms with Gasteiger partial charge in [0.2, 0.25) is 5.78 Å². The van der Waals surface area contributed by atoms with E-state index in [1.807, 2.05) is 6.92 Å². The third kappa shape index (κ3) is 2.69. The van der Waals surface area contributed by atoms with Crippen molar-refractivity contribution in [3.8, 4) is 0 Å². The Balaban J connectivity index is 1.76. The van der Waals surface area contributed by atoms with Crippen LogP contribution in [0.5, 0.6) is 0 Å². The first-order valence-corrected chi connectivity index (χ1v) is 11.3. The molecule has 0 saturated heterocycles. The highest BCUT2D eigenvalue weighted by atomic mass is 16.6. The third-order valence-electron chi connectivity index (χ3n) is 9.24. The highest BCUT2D eigenvalue weighted by molar-refractivity contribution is 6.04. The van der Waals surface area contributed by atoms with E-state index in [2.05, 4.69) is 13.8 Å². The topological polar surface area (TPSA) is 104 Å². The third-order valence-corrected chi connectivity index (χ3v) is 9.24. The lowest BCUT2D eigenvalue weighted by atomic mass is 9.44. The van der Waals surface area contributed by atoms with Crippen molar-refractivity contribution in [3.05, 3.63) is 23.5 Å². The fraction of sp³-hybridized carbons (Fsp3) is 0.750. The molecule has 3 unspecified atom stereocenters. The van der Waals surface area contributed by atoms with Gasteiger partial charge in [-0.25, -0.2) is 0 Å². The predicted octanol–water partition coefficient (Wildman–Crippen LogP) is 3.43. The van der Waals surface area contributed by atoms with Gasteiger partial charge in [-0.05, 0) is 67.9 Å². The minimum atomic E-state index is -0.779. The van der Waals surface area contributed by atoms with Crippen LogP contribution in [0.2, 0.25) is 0 Å². The maximum atomic E-state index is 12.5. The van der Waals surface area contributed by atoms with Crippen LogP contribution >= 0.6 is 0 Å². The number of carbonyl (C=O) groups excluding carboxylic acids is 1. The van der Waals surface area contributed by atoms with Crippen LogP contribution in [0.25, 0.3) is 0 Å². The van der Waals surface area contributed by atoms with E-state index in [0.717, 1.165) is 31.3 Å². The van der Waals surface area contributed by atoms with E-state index in [0.29, 0.717) is 19.3 Å². The molecule has 3 saturated carbocycles. The summed E-state index contributed by atoms with van der Waals surface area (Å²) in [6.45, 7) is 5.63. The van der Waals surface area contributed by atoms with Gasteiger partial charge in [0.15, 0.2) is 12.6 Å². The molecule has 4 rings (SSSR count). The molecule has 0 aromatic carbocycles. The molecule has 3 fully saturated rings. The molecule has 4 aliphatic carbocycles. The molecule has 0 aromatic rings. The van der Waals surface area contributed by atoms with Crippen molar-refractivity contribution >= 4 is 11.8 Å². The van der Waals surface area contributed by atoms with E-state index in [-0.39, 0.29) is 29.3 Å². The van der Waals surface area contributed by atoms with Crippen molar-refractivity contribution in [2.24, 2.45) is 34.0 Å². The number of aliphatic hydroxyl groups is 2. The first-order chi connectivity index (χ1) is 14.1. The van der Waals surface area contributed by atoms with E-state index >= 15 is 0 Å². The molecule has 0 aliphatic heterocycles. The number of allylic oxidation sites excluding steroid dienone is 3. The SMILES string of the molecule is CCC[C@]1(C(=O)O)CCC2C3CCC4=CC(=O)C(OCO)=C[C@]4(C)C3[C@@H](O)C[C@@]21C. The summed E-state index contributed by atoms with van der Waals surface area (Å²) in [4.78, 5) is 24.9. The molecule has 6 nitrogen and oxygen atoms in total. The number of rotatable bonds is 5. The zero-order valence-electron chi connectivity index (χ0n) is 18.2. The van der Waals surface area contributed by atoms with Crippen LogP contribution in [-0.2, 0) is 14.3 Å². The quantitative estimate of drug-likeness (QED) is 0.591. The molecule has 3 N–H and O–H groups in total. The summed E-state index contributed by atoms with van der Waals surface area (Å²) >= 11 is 0. The number of aliphatic hydroxyl groups excluding tert-OH is 2. The number of ether oxygens (including phenoxy) is 1. The Hall–Kier alpha value is -1.66. The summed E-state index contributed by atoms with van der Waals surface area (Å²) in [5.41, 5.74) is -0.732. The molecule has 0 amide bonds. The first kappa shape index (κ1) is 21.6. The summed E-state index contributed by atoms with van der Waals surface area (Å²) in [5.74, 6) is -0.475. The number of hydrogen-bond donors (Lipinski definition) is 3. The van der Waals surface area contributed by atoms with Gasteiger partial charge in [-0.15, -0.1) is 0 Å². The van der Waals surface area contributed by atoms with Crippen LogP contribution in [0.4, 0.5) is 0 Å². The molecule has 7 atom stereocenters. The maximum absolute atomic E-state index is 12.5. The average Bonchev–Trinajstić information content (AvgIpc) is 2.96. The molecular weight excluding hydrogens is 384 g/mol. The van der Waals surface area contributed by atoms with Gasteiger partial charge in [0.25, 0.3) is 0 Å². The number of fused-ring (bicyclic) bond motifs is 5. The molecule has 0 heterocycles. The summed E-state index contributed by atoms with van der Waals surface area (Å²) < 4.78 is 5.19. The summed E-state index contributed by atoms with van der Waals surface area (Å²) in [6, 6.07) is 0. The second kappa shape index (κ2) is 7.20. The van der Waals surface area contributed by atoms with Gasteiger partial charge in [-0.3, -0.25) is 9.59 Å². The van der Waals surface area contributed by atoms with Crippen molar-refractivity contribution in [2.75, 3.05) is 6.79 Å². The van der Waals surface area contributed by atoms with Crippen LogP contribution in [0.15, 0.2) is 23.5 Å². The van der Waals surface area contributed by atoms with Crippen molar-refractivity contribution < 1.29 is 29.6 Å². The summed E-state index contributed by atoms with van der Waals surface area (Å²) in [6.07, 6.45) is 7.85. The predicted molar refractivity (Wildman–Crippen MR) is 110 cm³/mol. The Bertz CT molecular complexity index is 815. The van der Waals surface area contributed by atoms with Crippen LogP contribution in [0, 0.1) is 34.0 Å². The number of aliphatic carboxylic acids is 1. The molecule has 6 heteroatoms. The normalized spacial score (nSPS) is 45.0. The van der Waals surface area contributed by atoms with Crippen LogP contribution in [0.1, 0.15) is 65.7 Å². The molecule has 0 spiro atoms. The lowest BCUT2D eigenvalue weighted by Gasteiger charge is -2.60. The Kier molecular flexibility index (Phi) is 5.17. The van der Waals surface area contributed by atoms with Gasteiger partial charge in [0.1, 0.15) is 0 Å². The lowest BCUT2D eigenvalue weighted by Crippen LogP contribution is -2.59. The minimum Gasteiger partial charge on any atom is -0.481 e. The average molecular weight is 419 g/mol. The zero-order chi connectivity index (χ0) is 21.9. The maximum Gasteiger partial charge on any atom is 0.310 e. The van der Waals surface area contributed by atoms with Gasteiger partial charge in [0.05, 0.1) is 11.5 Å². The largest absolute Gasteiger partial charge is 0.481 e. The smallest absolute Gasteiger partial charge is 0.310 e. The second-order valence-corrected chi connectivity index (χ2v) is 10.3. The number of carboxylic acid groups (broad SMARTS) is 1. The van der Waals surface area contributed by atoms with Gasteiger partial charge in [0, 0.05) is 11.3 Å². The molecule has 166 valence electrons. The van der Waals surface area contributed by atoms with Gasteiger partial charge in [-0.2, -0.15) is 0 Å². The van der Waals surface area contributed by atoms with E-state index in [4.69, 9.17) is 4.74 Å². The molecular formula is C24H34O6. The zero-order valence-corrected chi connectivity index (χ0v) is 18.2. The Labute approximate surface area is 178 Å². The summed E-state index contributed by atoms with van der Waals surface area (Å²) in [5, 5.41) is 30.9. The van der Waals surface area contributed by atoms with E-state index in [1.54, 1.807) is 12.2 Å². The number of carbonyl (C=O) groups is 2. The van der Waals surface area contributed by atoms with Crippen LogP contribution in [0.3, 0.4) is 0 Å². The lowest BCUT2D eigenvalue weighted by molar-refractivity contribution is -0.173. The fourth-order valence-electron chi connectivity index (χ4n) is 7.99. The van der Waals surface area contributed by atoms with E-state index in [9.17, 15) is 24.9 Å². The standard InChI is InChI=1S/C24H34O6/c1-4-8-24(21(28)29)9-7-16-15-6-5-14-10-17(26)19(30-13-25)12-22(14,2)20(15)18(27)11-23(16,24)3/h10,12,15-16,18,20,25,27H,4-9,11,13H2,1-3H3,(H,28,29)/t15?,16?,18-,20?,22-,23-,24+/m0/s1. The minimum absolute atomic E-state index is 0.0906. The van der Waals surface area contributed by atoms with Gasteiger partial charge in [-0.1, -0.05) is 32.8 Å². The number of carboxylic acids is 1. The van der Waals surface area contributed by atoms with Crippen molar-refractivity contribution in [3.63, 3.8) is 0 Å². The molecule has 0 radical (unpaired) electrons. The first-order valence-electron chi connectivity index (χ1n) is 11.3. The molecule has 0 bridgehead atoms. The Morgan fingerprint density at radius 3 is 2.67 bits per heavy atom. The molecule has 0 aromatic heterocycles. The number of hydrogen-bond acceptors (Lipinski definition) is 5.